The first kappa shape index (κ1) is 18.7. The molecule has 1 aromatic carbocycles. The van der Waals surface area contributed by atoms with Crippen LogP contribution in [0.2, 0.25) is 0 Å². The van der Waals surface area contributed by atoms with Crippen molar-refractivity contribution in [3.05, 3.63) is 23.8 Å². The Morgan fingerprint density at radius 1 is 1.21 bits per heavy atom. The van der Waals surface area contributed by atoms with Crippen molar-refractivity contribution in [3.8, 4) is 5.75 Å². The molecule has 1 amide bonds. The number of methoxy groups -OCH3 is 1. The van der Waals surface area contributed by atoms with Crippen LogP contribution in [-0.4, -0.2) is 56.8 Å². The van der Waals surface area contributed by atoms with Crippen LogP contribution in [0.25, 0.3) is 0 Å². The maximum atomic E-state index is 12.9. The van der Waals surface area contributed by atoms with Crippen LogP contribution in [0.15, 0.2) is 23.1 Å². The number of sulfonamides is 1. The largest absolute Gasteiger partial charge is 0.496 e. The van der Waals surface area contributed by atoms with Gasteiger partial charge in [0.2, 0.25) is 15.9 Å². The minimum atomic E-state index is -3.56. The van der Waals surface area contributed by atoms with Gasteiger partial charge in [-0.15, -0.1) is 0 Å². The summed E-state index contributed by atoms with van der Waals surface area (Å²) in [6.45, 7) is 7.37. The number of amides is 1. The molecule has 1 saturated heterocycles. The molecular formula is C17H26N2O4S. The van der Waals surface area contributed by atoms with Crippen LogP contribution in [0.3, 0.4) is 0 Å². The maximum absolute atomic E-state index is 12.9. The minimum Gasteiger partial charge on any atom is -0.496 e. The fourth-order valence-electron chi connectivity index (χ4n) is 2.87. The van der Waals surface area contributed by atoms with E-state index in [4.69, 9.17) is 4.74 Å². The molecule has 1 fully saturated rings. The van der Waals surface area contributed by atoms with E-state index in [0.717, 1.165) is 5.56 Å². The lowest BCUT2D eigenvalue weighted by Gasteiger charge is -2.34. The zero-order valence-electron chi connectivity index (χ0n) is 14.8. The van der Waals surface area contributed by atoms with Crippen molar-refractivity contribution in [2.24, 2.45) is 0 Å². The number of carbonyl (C=O) groups excluding carboxylic acids is 1. The third kappa shape index (κ3) is 3.72. The molecule has 0 bridgehead atoms. The number of rotatable bonds is 5. The van der Waals surface area contributed by atoms with E-state index in [1.54, 1.807) is 30.2 Å². The third-order valence-corrected chi connectivity index (χ3v) is 6.25. The van der Waals surface area contributed by atoms with E-state index >= 15 is 0 Å². The van der Waals surface area contributed by atoms with Gasteiger partial charge in [-0.3, -0.25) is 4.79 Å². The van der Waals surface area contributed by atoms with Crippen LogP contribution >= 0.6 is 0 Å². The standard InChI is InChI=1S/C17H26N2O4S/c1-5-17(20)18-8-10-19(11-9-18)24(21,22)14-6-7-16(23-4)15(12-14)13(2)3/h6-7,12-13H,5,8-11H2,1-4H3. The lowest BCUT2D eigenvalue weighted by atomic mass is 10.0. The lowest BCUT2D eigenvalue weighted by Crippen LogP contribution is -2.50. The Kier molecular flexibility index (Phi) is 5.87. The van der Waals surface area contributed by atoms with Crippen LogP contribution < -0.4 is 4.74 Å². The Labute approximate surface area is 144 Å². The third-order valence-electron chi connectivity index (χ3n) is 4.35. The molecule has 0 aliphatic carbocycles. The van der Waals surface area contributed by atoms with Gasteiger partial charge in [0.25, 0.3) is 0 Å². The fraction of sp³-hybridized carbons (Fsp3) is 0.588. The monoisotopic (exact) mass is 354 g/mol. The summed E-state index contributed by atoms with van der Waals surface area (Å²) in [7, 11) is -1.98. The van der Waals surface area contributed by atoms with Crippen molar-refractivity contribution in [1.82, 2.24) is 9.21 Å². The molecule has 24 heavy (non-hydrogen) atoms. The Bertz CT molecular complexity index is 693. The Balaban J connectivity index is 2.22. The van der Waals surface area contributed by atoms with Crippen molar-refractivity contribution < 1.29 is 17.9 Å². The summed E-state index contributed by atoms with van der Waals surface area (Å²) in [5.74, 6) is 0.926. The second kappa shape index (κ2) is 7.53. The summed E-state index contributed by atoms with van der Waals surface area (Å²) >= 11 is 0. The minimum absolute atomic E-state index is 0.0681. The summed E-state index contributed by atoms with van der Waals surface area (Å²) in [4.78, 5) is 13.7. The van der Waals surface area contributed by atoms with Crippen LogP contribution in [0.5, 0.6) is 5.75 Å². The van der Waals surface area contributed by atoms with Crippen LogP contribution in [0.4, 0.5) is 0 Å². The van der Waals surface area contributed by atoms with E-state index < -0.39 is 10.0 Å². The molecule has 7 heteroatoms. The first-order chi connectivity index (χ1) is 11.3. The highest BCUT2D eigenvalue weighted by atomic mass is 32.2. The molecular weight excluding hydrogens is 328 g/mol. The summed E-state index contributed by atoms with van der Waals surface area (Å²) in [5.41, 5.74) is 0.873. The predicted molar refractivity (Wildman–Crippen MR) is 92.7 cm³/mol. The van der Waals surface area contributed by atoms with E-state index in [1.165, 1.54) is 4.31 Å². The average molecular weight is 354 g/mol. The summed E-state index contributed by atoms with van der Waals surface area (Å²) in [5, 5.41) is 0. The predicted octanol–water partition coefficient (Wildman–Crippen LogP) is 2.06. The quantitative estimate of drug-likeness (QED) is 0.812. The van der Waals surface area contributed by atoms with Crippen molar-refractivity contribution in [3.63, 3.8) is 0 Å². The van der Waals surface area contributed by atoms with Gasteiger partial charge >= 0.3 is 0 Å². The lowest BCUT2D eigenvalue weighted by molar-refractivity contribution is -0.132. The molecule has 2 rings (SSSR count). The normalized spacial score (nSPS) is 16.5. The molecule has 0 aromatic heterocycles. The van der Waals surface area contributed by atoms with Gasteiger partial charge in [0.15, 0.2) is 0 Å². The second-order valence-corrected chi connectivity index (χ2v) is 8.13. The van der Waals surface area contributed by atoms with Gasteiger partial charge < -0.3 is 9.64 Å². The van der Waals surface area contributed by atoms with Gasteiger partial charge in [-0.25, -0.2) is 8.42 Å². The molecule has 0 atom stereocenters. The van der Waals surface area contributed by atoms with E-state index in [2.05, 4.69) is 0 Å². The number of benzene rings is 1. The fourth-order valence-corrected chi connectivity index (χ4v) is 4.33. The summed E-state index contributed by atoms with van der Waals surface area (Å²) in [6.07, 6.45) is 0.447. The number of ether oxygens (including phenoxy) is 1. The highest BCUT2D eigenvalue weighted by Gasteiger charge is 2.30. The van der Waals surface area contributed by atoms with Crippen LogP contribution in [0.1, 0.15) is 38.7 Å². The number of piperazine rings is 1. The first-order valence-corrected chi connectivity index (χ1v) is 9.71. The molecule has 0 radical (unpaired) electrons. The van der Waals surface area contributed by atoms with Gasteiger partial charge in [0, 0.05) is 32.6 Å². The SMILES string of the molecule is CCC(=O)N1CCN(S(=O)(=O)c2ccc(OC)c(C(C)C)c2)CC1. The van der Waals surface area contributed by atoms with Crippen molar-refractivity contribution >= 4 is 15.9 Å². The number of carbonyl (C=O) groups is 1. The molecule has 6 nitrogen and oxygen atoms in total. The van der Waals surface area contributed by atoms with Gasteiger partial charge in [0.05, 0.1) is 12.0 Å². The average Bonchev–Trinajstić information content (AvgIpc) is 2.60. The zero-order chi connectivity index (χ0) is 17.9. The summed E-state index contributed by atoms with van der Waals surface area (Å²) in [6, 6.07) is 4.99. The number of nitrogens with zero attached hydrogens (tertiary/aromatic N) is 2. The molecule has 0 unspecified atom stereocenters. The van der Waals surface area contributed by atoms with Gasteiger partial charge in [-0.05, 0) is 29.7 Å². The zero-order valence-corrected chi connectivity index (χ0v) is 15.6. The molecule has 1 aliphatic heterocycles. The first-order valence-electron chi connectivity index (χ1n) is 8.27. The molecule has 1 heterocycles. The molecule has 0 saturated carbocycles. The van der Waals surface area contributed by atoms with Crippen LogP contribution in [-0.2, 0) is 14.8 Å². The highest BCUT2D eigenvalue weighted by Crippen LogP contribution is 2.30. The molecule has 1 aromatic rings. The van der Waals surface area contributed by atoms with E-state index in [0.29, 0.717) is 38.3 Å². The molecule has 1 aliphatic rings. The molecule has 0 N–H and O–H groups in total. The maximum Gasteiger partial charge on any atom is 0.243 e. The van der Waals surface area contributed by atoms with E-state index in [1.807, 2.05) is 20.8 Å². The van der Waals surface area contributed by atoms with Crippen molar-refractivity contribution in [2.75, 3.05) is 33.3 Å². The Morgan fingerprint density at radius 3 is 2.33 bits per heavy atom. The van der Waals surface area contributed by atoms with E-state index in [9.17, 15) is 13.2 Å². The van der Waals surface area contributed by atoms with Crippen LogP contribution in [0, 0.1) is 0 Å². The van der Waals surface area contributed by atoms with Gasteiger partial charge in [-0.2, -0.15) is 4.31 Å². The molecule has 0 spiro atoms. The Hall–Kier alpha value is -1.60. The summed E-state index contributed by atoms with van der Waals surface area (Å²) < 4.78 is 32.6. The number of hydrogen-bond acceptors (Lipinski definition) is 4. The smallest absolute Gasteiger partial charge is 0.243 e. The number of hydrogen-bond donors (Lipinski definition) is 0. The van der Waals surface area contributed by atoms with Crippen molar-refractivity contribution in [2.45, 2.75) is 38.0 Å². The van der Waals surface area contributed by atoms with E-state index in [-0.39, 0.29) is 16.7 Å². The highest BCUT2D eigenvalue weighted by molar-refractivity contribution is 7.89. The van der Waals surface area contributed by atoms with Gasteiger partial charge in [-0.1, -0.05) is 20.8 Å². The van der Waals surface area contributed by atoms with Gasteiger partial charge in [0.1, 0.15) is 5.75 Å². The van der Waals surface area contributed by atoms with Crippen molar-refractivity contribution in [1.29, 1.82) is 0 Å². The Morgan fingerprint density at radius 2 is 1.83 bits per heavy atom. The topological polar surface area (TPSA) is 66.9 Å². The molecule has 134 valence electrons. The second-order valence-electron chi connectivity index (χ2n) is 6.20.